The molecule has 0 aliphatic rings. The summed E-state index contributed by atoms with van der Waals surface area (Å²) in [5.74, 6) is -0.0477. The number of sulfone groups is 1. The van der Waals surface area contributed by atoms with Crippen molar-refractivity contribution in [2.75, 3.05) is 5.75 Å². The lowest BCUT2D eigenvalue weighted by molar-refractivity contribution is 0.473. The summed E-state index contributed by atoms with van der Waals surface area (Å²) in [4.78, 5) is 0.207. The minimum Gasteiger partial charge on any atom is -0.224 e. The zero-order chi connectivity index (χ0) is 13.1. The Morgan fingerprint density at radius 2 is 2.06 bits per heavy atom. The summed E-state index contributed by atoms with van der Waals surface area (Å²) >= 11 is 5.75. The van der Waals surface area contributed by atoms with Gasteiger partial charge in [-0.25, -0.2) is 8.42 Å². The van der Waals surface area contributed by atoms with Crippen molar-refractivity contribution in [1.82, 2.24) is 0 Å². The van der Waals surface area contributed by atoms with Crippen LogP contribution in [-0.4, -0.2) is 14.2 Å². The average molecular weight is 272 g/mol. The van der Waals surface area contributed by atoms with E-state index in [1.807, 2.05) is 0 Å². The molecule has 0 N–H and O–H groups in total. The number of nitrogens with zero attached hydrogens (tertiary/aromatic N) is 1. The molecule has 0 atom stereocenters. The molecule has 0 heterocycles. The zero-order valence-corrected chi connectivity index (χ0v) is 11.3. The van der Waals surface area contributed by atoms with Crippen LogP contribution in [0.5, 0.6) is 0 Å². The van der Waals surface area contributed by atoms with Gasteiger partial charge in [0.05, 0.1) is 22.1 Å². The first-order valence-electron chi connectivity index (χ1n) is 5.16. The van der Waals surface area contributed by atoms with Crippen LogP contribution in [0.25, 0.3) is 0 Å². The maximum Gasteiger partial charge on any atom is 0.178 e. The molecule has 5 heteroatoms. The summed E-state index contributed by atoms with van der Waals surface area (Å²) in [6, 6.07) is 8.25. The van der Waals surface area contributed by atoms with Gasteiger partial charge in [0, 0.05) is 5.02 Å². The molecule has 0 aliphatic heterocycles. The third-order valence-corrected chi connectivity index (χ3v) is 4.40. The predicted octanol–water partition coefficient (Wildman–Crippen LogP) is 3.05. The molecular formula is C12H14ClNO2S. The van der Waals surface area contributed by atoms with Crippen LogP contribution in [0, 0.1) is 16.7 Å². The molecule has 1 aromatic rings. The van der Waals surface area contributed by atoms with Gasteiger partial charge >= 0.3 is 0 Å². The lowest BCUT2D eigenvalue weighted by atomic mass is 9.93. The van der Waals surface area contributed by atoms with Crippen molar-refractivity contribution in [3.63, 3.8) is 0 Å². The van der Waals surface area contributed by atoms with Gasteiger partial charge in [-0.3, -0.25) is 0 Å². The quantitative estimate of drug-likeness (QED) is 0.846. The molecule has 0 aromatic heterocycles. The van der Waals surface area contributed by atoms with Gasteiger partial charge in [0.25, 0.3) is 0 Å². The van der Waals surface area contributed by atoms with Crippen LogP contribution in [0.15, 0.2) is 29.2 Å². The van der Waals surface area contributed by atoms with Crippen molar-refractivity contribution in [3.05, 3.63) is 29.3 Å². The highest BCUT2D eigenvalue weighted by atomic mass is 35.5. The Labute approximate surface area is 107 Å². The minimum absolute atomic E-state index is 0.0477. The fourth-order valence-corrected chi connectivity index (χ4v) is 3.09. The highest BCUT2D eigenvalue weighted by molar-refractivity contribution is 7.91. The fourth-order valence-electron chi connectivity index (χ4n) is 1.22. The third kappa shape index (κ3) is 4.03. The number of hydrogen-bond donors (Lipinski definition) is 0. The first-order valence-corrected chi connectivity index (χ1v) is 7.19. The largest absolute Gasteiger partial charge is 0.224 e. The van der Waals surface area contributed by atoms with Crippen LogP contribution in [0.4, 0.5) is 0 Å². The molecule has 0 bridgehead atoms. The van der Waals surface area contributed by atoms with Crippen molar-refractivity contribution in [1.29, 1.82) is 5.26 Å². The van der Waals surface area contributed by atoms with Crippen molar-refractivity contribution in [2.45, 2.75) is 25.2 Å². The van der Waals surface area contributed by atoms with Crippen LogP contribution in [0.2, 0.25) is 5.02 Å². The molecule has 0 unspecified atom stereocenters. The summed E-state index contributed by atoms with van der Waals surface area (Å²) in [6.07, 6.45) is 0.304. The van der Waals surface area contributed by atoms with Gasteiger partial charge in [-0.05, 0) is 38.5 Å². The van der Waals surface area contributed by atoms with E-state index in [0.717, 1.165) is 0 Å². The smallest absolute Gasteiger partial charge is 0.178 e. The van der Waals surface area contributed by atoms with Crippen LogP contribution >= 0.6 is 11.6 Å². The summed E-state index contributed by atoms with van der Waals surface area (Å²) in [6.45, 7) is 3.45. The number of halogens is 1. The molecule has 0 aliphatic carbocycles. The van der Waals surface area contributed by atoms with Gasteiger partial charge < -0.3 is 0 Å². The van der Waals surface area contributed by atoms with Gasteiger partial charge in [-0.15, -0.1) is 0 Å². The van der Waals surface area contributed by atoms with Gasteiger partial charge in [0.1, 0.15) is 0 Å². The normalized spacial score (nSPS) is 12.1. The maximum absolute atomic E-state index is 12.0. The van der Waals surface area contributed by atoms with E-state index in [1.54, 1.807) is 26.0 Å². The Kier molecular flexibility index (Phi) is 4.18. The van der Waals surface area contributed by atoms with Crippen LogP contribution in [-0.2, 0) is 9.84 Å². The Morgan fingerprint density at radius 3 is 2.59 bits per heavy atom. The van der Waals surface area contributed by atoms with Crippen LogP contribution < -0.4 is 0 Å². The molecule has 0 fully saturated rings. The van der Waals surface area contributed by atoms with E-state index >= 15 is 0 Å². The Bertz CT molecular complexity index is 544. The van der Waals surface area contributed by atoms with Gasteiger partial charge in [0.15, 0.2) is 9.84 Å². The van der Waals surface area contributed by atoms with E-state index in [4.69, 9.17) is 16.9 Å². The Morgan fingerprint density at radius 1 is 1.41 bits per heavy atom. The fraction of sp³-hybridized carbons (Fsp3) is 0.417. The van der Waals surface area contributed by atoms with Crippen molar-refractivity contribution in [3.8, 4) is 6.07 Å². The molecule has 1 rings (SSSR count). The van der Waals surface area contributed by atoms with E-state index in [2.05, 4.69) is 6.07 Å². The average Bonchev–Trinajstić information content (AvgIpc) is 2.27. The molecular weight excluding hydrogens is 258 g/mol. The molecule has 3 nitrogen and oxygen atoms in total. The van der Waals surface area contributed by atoms with Gasteiger partial charge in [-0.1, -0.05) is 17.7 Å². The minimum atomic E-state index is -3.36. The highest BCUT2D eigenvalue weighted by Gasteiger charge is 2.22. The molecule has 0 spiro atoms. The van der Waals surface area contributed by atoms with Crippen molar-refractivity contribution in [2.24, 2.45) is 5.41 Å². The van der Waals surface area contributed by atoms with Gasteiger partial charge in [-0.2, -0.15) is 5.26 Å². The number of nitriles is 1. The predicted molar refractivity (Wildman–Crippen MR) is 67.5 cm³/mol. The molecule has 0 saturated heterocycles. The SMILES string of the molecule is CC(C)(C#N)CCS(=O)(=O)c1cccc(Cl)c1. The highest BCUT2D eigenvalue weighted by Crippen LogP contribution is 2.23. The lowest BCUT2D eigenvalue weighted by Gasteiger charge is -2.14. The lowest BCUT2D eigenvalue weighted by Crippen LogP contribution is -2.16. The van der Waals surface area contributed by atoms with E-state index in [1.165, 1.54) is 12.1 Å². The standard InChI is InChI=1S/C12H14ClNO2S/c1-12(2,9-14)6-7-17(15,16)11-5-3-4-10(13)8-11/h3-5,8H,6-7H2,1-2H3. The molecule has 1 aromatic carbocycles. The second-order valence-corrected chi connectivity index (χ2v) is 7.07. The summed E-state index contributed by atoms with van der Waals surface area (Å²) in [7, 11) is -3.36. The maximum atomic E-state index is 12.0. The second-order valence-electron chi connectivity index (χ2n) is 4.52. The summed E-state index contributed by atoms with van der Waals surface area (Å²) in [5, 5.41) is 9.23. The second kappa shape index (κ2) is 5.07. The first kappa shape index (κ1) is 14.0. The Balaban J connectivity index is 2.88. The molecule has 92 valence electrons. The molecule has 17 heavy (non-hydrogen) atoms. The first-order chi connectivity index (χ1) is 7.77. The van der Waals surface area contributed by atoms with Crippen molar-refractivity contribution < 1.29 is 8.42 Å². The van der Waals surface area contributed by atoms with E-state index in [9.17, 15) is 8.42 Å². The van der Waals surface area contributed by atoms with E-state index in [-0.39, 0.29) is 10.6 Å². The topological polar surface area (TPSA) is 57.9 Å². The third-order valence-electron chi connectivity index (χ3n) is 2.45. The number of benzene rings is 1. The molecule has 0 radical (unpaired) electrons. The Hall–Kier alpha value is -1.05. The summed E-state index contributed by atoms with van der Waals surface area (Å²) < 4.78 is 24.0. The van der Waals surface area contributed by atoms with Crippen LogP contribution in [0.1, 0.15) is 20.3 Å². The summed E-state index contributed by atoms with van der Waals surface area (Å²) in [5.41, 5.74) is -0.633. The van der Waals surface area contributed by atoms with Crippen LogP contribution in [0.3, 0.4) is 0 Å². The van der Waals surface area contributed by atoms with E-state index in [0.29, 0.717) is 11.4 Å². The number of hydrogen-bond acceptors (Lipinski definition) is 3. The molecule has 0 saturated carbocycles. The van der Waals surface area contributed by atoms with Gasteiger partial charge in [0.2, 0.25) is 0 Å². The monoisotopic (exact) mass is 271 g/mol. The van der Waals surface area contributed by atoms with E-state index < -0.39 is 15.3 Å². The number of rotatable bonds is 4. The zero-order valence-electron chi connectivity index (χ0n) is 9.77. The van der Waals surface area contributed by atoms with Crippen molar-refractivity contribution >= 4 is 21.4 Å². The molecule has 0 amide bonds.